The molecule has 1 fully saturated rings. The van der Waals surface area contributed by atoms with E-state index in [4.69, 9.17) is 4.74 Å². The van der Waals surface area contributed by atoms with Gasteiger partial charge in [-0.15, -0.1) is 0 Å². The second-order valence-electron chi connectivity index (χ2n) is 8.79. The first-order chi connectivity index (χ1) is 15.0. The quantitative estimate of drug-likeness (QED) is 0.231. The van der Waals surface area contributed by atoms with Crippen LogP contribution in [-0.4, -0.2) is 39.6 Å². The smallest absolute Gasteiger partial charge is 0.329 e. The first-order valence-electron chi connectivity index (χ1n) is 10.7. The first kappa shape index (κ1) is 23.9. The number of aliphatic hydroxyl groups is 1. The van der Waals surface area contributed by atoms with Gasteiger partial charge in [0, 0.05) is 51.0 Å². The number of Topliss-reactive ketones (excluding diaryl/α,β-unsaturated/α-hetero) is 1. The molecule has 0 amide bonds. The minimum absolute atomic E-state index is 0.0148. The molecule has 0 spiro atoms. The van der Waals surface area contributed by atoms with Crippen molar-refractivity contribution in [1.82, 2.24) is 0 Å². The lowest BCUT2D eigenvalue weighted by Gasteiger charge is -2.33. The van der Waals surface area contributed by atoms with Crippen molar-refractivity contribution in [3.05, 3.63) is 57.6 Å². The zero-order chi connectivity index (χ0) is 23.2. The molecule has 0 radical (unpaired) electrons. The number of hydrogen-bond acceptors (Lipinski definition) is 4. The van der Waals surface area contributed by atoms with Crippen LogP contribution in [0.2, 0.25) is 0 Å². The Morgan fingerprint density at radius 1 is 1.28 bits per heavy atom. The third kappa shape index (κ3) is 4.82. The minimum Gasteiger partial charge on any atom is -0.486 e. The van der Waals surface area contributed by atoms with E-state index in [0.717, 1.165) is 56.7 Å². The van der Waals surface area contributed by atoms with Gasteiger partial charge < -0.3 is 14.7 Å². The number of halogens is 4. The number of fused-ring (bicyclic) bond motifs is 3. The molecule has 2 aromatic carbocycles. The lowest BCUT2D eigenvalue weighted by molar-refractivity contribution is 0.0647. The van der Waals surface area contributed by atoms with Gasteiger partial charge in [0.05, 0.1) is 17.8 Å². The molecule has 0 aromatic heterocycles. The van der Waals surface area contributed by atoms with Gasteiger partial charge in [0.1, 0.15) is 5.75 Å². The average molecular weight is 620 g/mol. The zero-order valence-corrected chi connectivity index (χ0v) is 21.6. The van der Waals surface area contributed by atoms with Crippen LogP contribution in [-0.2, 0) is 6.42 Å². The molecular formula is C24H25BrF2INO3. The second kappa shape index (κ2) is 9.18. The Kier molecular flexibility index (Phi) is 6.85. The monoisotopic (exact) mass is 619 g/mol. The molecule has 2 aliphatic rings. The summed E-state index contributed by atoms with van der Waals surface area (Å²) in [7, 11) is 0. The number of ketones is 1. The molecule has 1 N–H and O–H groups in total. The van der Waals surface area contributed by atoms with Crippen LogP contribution in [0, 0.1) is 0 Å². The normalized spacial score (nSPS) is 22.2. The van der Waals surface area contributed by atoms with Crippen LogP contribution in [0.1, 0.15) is 54.1 Å². The number of rotatable bonds is 7. The van der Waals surface area contributed by atoms with Crippen molar-refractivity contribution in [2.24, 2.45) is 0 Å². The third-order valence-electron chi connectivity index (χ3n) is 6.22. The fourth-order valence-corrected chi connectivity index (χ4v) is 5.76. The molecule has 172 valence electrons. The van der Waals surface area contributed by atoms with Crippen LogP contribution in [0.25, 0.3) is 0 Å². The van der Waals surface area contributed by atoms with Crippen molar-refractivity contribution in [2.75, 3.05) is 11.5 Å². The fraction of sp³-hybridized carbons (Fsp3) is 0.458. The van der Waals surface area contributed by atoms with E-state index in [9.17, 15) is 18.7 Å². The van der Waals surface area contributed by atoms with E-state index in [2.05, 4.69) is 34.7 Å². The number of aliphatic hydroxyl groups excluding tert-OH is 1. The summed E-state index contributed by atoms with van der Waals surface area (Å²) in [6, 6.07) is 10.8. The number of carbonyl (C=O) groups is 1. The van der Waals surface area contributed by atoms with Crippen molar-refractivity contribution in [1.29, 1.82) is 0 Å². The Labute approximate surface area is 208 Å². The molecule has 32 heavy (non-hydrogen) atoms. The van der Waals surface area contributed by atoms with Gasteiger partial charge in [-0.25, -0.2) is 0 Å². The van der Waals surface area contributed by atoms with Gasteiger partial charge in [0.15, 0.2) is 12.4 Å². The van der Waals surface area contributed by atoms with Crippen LogP contribution in [0.5, 0.6) is 5.75 Å². The maximum absolute atomic E-state index is 13.1. The number of nitrogens with zero attached hydrogens (tertiary/aromatic N) is 1. The van der Waals surface area contributed by atoms with Crippen molar-refractivity contribution in [2.45, 2.75) is 61.1 Å². The van der Waals surface area contributed by atoms with E-state index in [1.807, 2.05) is 12.1 Å². The lowest BCUT2D eigenvalue weighted by atomic mass is 9.93. The SMILES string of the molecule is CC(C)N1c2c(Br)cc(C(=O)Cc3ccc(OCC(F)(F)I)cc3)cc2C2CCC(O)C21. The van der Waals surface area contributed by atoms with Crippen molar-refractivity contribution in [3.63, 3.8) is 0 Å². The highest BCUT2D eigenvalue weighted by molar-refractivity contribution is 14.1. The van der Waals surface area contributed by atoms with Crippen LogP contribution in [0.4, 0.5) is 14.5 Å². The predicted octanol–water partition coefficient (Wildman–Crippen LogP) is 6.12. The summed E-state index contributed by atoms with van der Waals surface area (Å²) in [5.41, 5.74) is 3.63. The van der Waals surface area contributed by atoms with E-state index >= 15 is 0 Å². The molecule has 0 saturated heterocycles. The highest BCUT2D eigenvalue weighted by Crippen LogP contribution is 2.53. The van der Waals surface area contributed by atoms with Crippen molar-refractivity contribution >= 4 is 50.0 Å². The van der Waals surface area contributed by atoms with Gasteiger partial charge in [-0.1, -0.05) is 12.1 Å². The highest BCUT2D eigenvalue weighted by atomic mass is 127. The topological polar surface area (TPSA) is 49.8 Å². The van der Waals surface area contributed by atoms with Gasteiger partial charge in [-0.3, -0.25) is 4.79 Å². The minimum atomic E-state index is -2.92. The van der Waals surface area contributed by atoms with Crippen LogP contribution in [0.3, 0.4) is 0 Å². The van der Waals surface area contributed by atoms with Gasteiger partial charge in [-0.05, 0) is 78.0 Å². The van der Waals surface area contributed by atoms with Crippen LogP contribution >= 0.6 is 38.5 Å². The molecule has 4 rings (SSSR count). The average Bonchev–Trinajstić information content (AvgIpc) is 3.25. The first-order valence-corrected chi connectivity index (χ1v) is 12.5. The summed E-state index contributed by atoms with van der Waals surface area (Å²) >= 11 is 4.72. The standard InChI is InChI=1S/C24H25BrF2INO3/c1-13(2)29-22-18(17-7-8-20(30)23(17)29)10-15(11-19(22)25)21(31)9-14-3-5-16(6-4-14)32-12-24(26,27)28/h3-6,10-11,13,17,20,23,30H,7-9,12H2,1-2H3. The Balaban J connectivity index is 1.53. The predicted molar refractivity (Wildman–Crippen MR) is 132 cm³/mol. The maximum Gasteiger partial charge on any atom is 0.329 e. The Morgan fingerprint density at radius 2 is 1.97 bits per heavy atom. The van der Waals surface area contributed by atoms with E-state index < -0.39 is 10.5 Å². The summed E-state index contributed by atoms with van der Waals surface area (Å²) < 4.78 is 28.9. The number of ether oxygens (including phenoxy) is 1. The number of benzene rings is 2. The highest BCUT2D eigenvalue weighted by Gasteiger charge is 2.48. The molecule has 3 atom stereocenters. The third-order valence-corrected chi connectivity index (χ3v) is 7.14. The van der Waals surface area contributed by atoms with Crippen LogP contribution < -0.4 is 9.64 Å². The number of alkyl halides is 3. The van der Waals surface area contributed by atoms with Crippen molar-refractivity contribution < 1.29 is 23.4 Å². The largest absolute Gasteiger partial charge is 0.486 e. The van der Waals surface area contributed by atoms with E-state index in [1.165, 1.54) is 0 Å². The molecule has 3 unspecified atom stereocenters. The van der Waals surface area contributed by atoms with Gasteiger partial charge in [0.25, 0.3) is 0 Å². The maximum atomic E-state index is 13.1. The molecule has 4 nitrogen and oxygen atoms in total. The molecule has 1 aliphatic heterocycles. The molecule has 1 heterocycles. The Bertz CT molecular complexity index is 1010. The van der Waals surface area contributed by atoms with E-state index in [0.29, 0.717) is 11.3 Å². The molecule has 1 saturated carbocycles. The molecule has 0 bridgehead atoms. The summed E-state index contributed by atoms with van der Waals surface area (Å²) in [6.07, 6.45) is 1.52. The summed E-state index contributed by atoms with van der Waals surface area (Å²) in [5, 5.41) is 10.6. The van der Waals surface area contributed by atoms with E-state index in [-0.39, 0.29) is 36.3 Å². The number of hydrogen-bond donors (Lipinski definition) is 1. The Morgan fingerprint density at radius 3 is 2.59 bits per heavy atom. The van der Waals surface area contributed by atoms with E-state index in [1.54, 1.807) is 24.3 Å². The fourth-order valence-electron chi connectivity index (χ4n) is 4.92. The zero-order valence-electron chi connectivity index (χ0n) is 17.8. The summed E-state index contributed by atoms with van der Waals surface area (Å²) in [6.45, 7) is 3.55. The number of anilines is 1. The Hall–Kier alpha value is -1.26. The van der Waals surface area contributed by atoms with Crippen LogP contribution in [0.15, 0.2) is 40.9 Å². The number of carbonyl (C=O) groups excluding carboxylic acids is 1. The molecule has 2 aromatic rings. The lowest BCUT2D eigenvalue weighted by Crippen LogP contribution is -2.43. The van der Waals surface area contributed by atoms with Crippen molar-refractivity contribution in [3.8, 4) is 5.75 Å². The van der Waals surface area contributed by atoms with Gasteiger partial charge in [0.2, 0.25) is 0 Å². The molecule has 8 heteroatoms. The second-order valence-corrected chi connectivity index (χ2v) is 11.2. The summed E-state index contributed by atoms with van der Waals surface area (Å²) in [4.78, 5) is 15.4. The molecular weight excluding hydrogens is 595 g/mol. The van der Waals surface area contributed by atoms with Gasteiger partial charge >= 0.3 is 3.93 Å². The van der Waals surface area contributed by atoms with Gasteiger partial charge in [-0.2, -0.15) is 8.78 Å². The summed E-state index contributed by atoms with van der Waals surface area (Å²) in [5.74, 6) is 0.551. The molecule has 1 aliphatic carbocycles.